The van der Waals surface area contributed by atoms with Crippen LogP contribution in [0, 0.1) is 34.5 Å². The Kier molecular flexibility index (Phi) is 7.77. The van der Waals surface area contributed by atoms with Crippen LogP contribution in [-0.2, 0) is 4.79 Å². The summed E-state index contributed by atoms with van der Waals surface area (Å²) in [5, 5.41) is 24.6. The van der Waals surface area contributed by atoms with Crippen molar-refractivity contribution < 1.29 is 19.8 Å². The van der Waals surface area contributed by atoms with Crippen molar-refractivity contribution in [2.24, 2.45) is 34.5 Å². The molecule has 2 aliphatic heterocycles. The molecule has 0 radical (unpaired) electrons. The van der Waals surface area contributed by atoms with E-state index in [-0.39, 0.29) is 40.9 Å². The normalized spacial score (nSPS) is 41.2. The van der Waals surface area contributed by atoms with Gasteiger partial charge in [0, 0.05) is 44.3 Å². The van der Waals surface area contributed by atoms with E-state index >= 15 is 0 Å². The summed E-state index contributed by atoms with van der Waals surface area (Å²) >= 11 is 0. The molecule has 1 unspecified atom stereocenters. The molecule has 4 saturated carbocycles. The third-order valence-corrected chi connectivity index (χ3v) is 14.5. The molecule has 6 aliphatic rings. The first-order valence-electron chi connectivity index (χ1n) is 18.4. The molecule has 0 bridgehead atoms. The van der Waals surface area contributed by atoms with Crippen molar-refractivity contribution in [1.82, 2.24) is 14.7 Å². The molecule has 248 valence electrons. The fourth-order valence-corrected chi connectivity index (χ4v) is 11.9. The Hall–Kier alpha value is -2.48. The Labute approximate surface area is 274 Å². The van der Waals surface area contributed by atoms with Crippen molar-refractivity contribution >= 4 is 22.6 Å². The van der Waals surface area contributed by atoms with Crippen molar-refractivity contribution in [2.45, 2.75) is 102 Å². The maximum atomic E-state index is 13.9. The molecular weight excluding hydrogens is 574 g/mol. The smallest absolute Gasteiger partial charge is 0.254 e. The molecule has 7 nitrogen and oxygen atoms in total. The second-order valence-corrected chi connectivity index (χ2v) is 16.4. The first-order valence-corrected chi connectivity index (χ1v) is 18.4. The first kappa shape index (κ1) is 30.8. The number of hydrogen-bond acceptors (Lipinski definition) is 5. The second-order valence-electron chi connectivity index (χ2n) is 16.4. The topological polar surface area (TPSA) is 84.3 Å². The summed E-state index contributed by atoms with van der Waals surface area (Å²) in [6, 6.07) is 13.7. The molecule has 2 N–H and O–H groups in total. The van der Waals surface area contributed by atoms with E-state index in [0.717, 1.165) is 62.4 Å². The van der Waals surface area contributed by atoms with Crippen LogP contribution in [0.25, 0.3) is 10.8 Å². The third kappa shape index (κ3) is 4.85. The first-order chi connectivity index (χ1) is 22.2. The van der Waals surface area contributed by atoms with Crippen molar-refractivity contribution in [3.05, 3.63) is 48.0 Å². The number of amides is 2. The van der Waals surface area contributed by atoms with E-state index in [9.17, 15) is 19.8 Å². The zero-order valence-electron chi connectivity index (χ0n) is 27.8. The molecule has 2 heterocycles. The Morgan fingerprint density at radius 2 is 1.57 bits per heavy atom. The van der Waals surface area contributed by atoms with Crippen molar-refractivity contribution in [3.8, 4) is 0 Å². The number of aliphatic hydroxyl groups is 2. The van der Waals surface area contributed by atoms with E-state index in [4.69, 9.17) is 0 Å². The van der Waals surface area contributed by atoms with Gasteiger partial charge in [-0.2, -0.15) is 0 Å². The van der Waals surface area contributed by atoms with Crippen LogP contribution in [0.2, 0.25) is 0 Å². The van der Waals surface area contributed by atoms with Crippen LogP contribution in [0.1, 0.15) is 88.4 Å². The lowest BCUT2D eigenvalue weighted by Gasteiger charge is -2.62. The third-order valence-electron chi connectivity index (χ3n) is 14.5. The fourth-order valence-electron chi connectivity index (χ4n) is 11.9. The van der Waals surface area contributed by atoms with Crippen molar-refractivity contribution in [2.75, 3.05) is 32.7 Å². The SMILES string of the molecule is C[C@]12CC[C@H]3[C@@H](CCC4C[C@H](O)[C@@H](N5CCN(C(=O)[C@@H]6CCCN6C(=O)c6ccc7ccccc7c6)CC5)C[C@@]43C)[C@@H]1CC[C@@H]2O. The Bertz CT molecular complexity index is 1490. The van der Waals surface area contributed by atoms with Gasteiger partial charge in [0.25, 0.3) is 5.91 Å². The van der Waals surface area contributed by atoms with Gasteiger partial charge in [-0.15, -0.1) is 0 Å². The molecule has 4 aliphatic carbocycles. The van der Waals surface area contributed by atoms with Gasteiger partial charge in [-0.1, -0.05) is 44.2 Å². The molecule has 2 amide bonds. The number of piperazine rings is 1. The highest BCUT2D eigenvalue weighted by atomic mass is 16.3. The molecule has 0 spiro atoms. The van der Waals surface area contributed by atoms with Crippen molar-refractivity contribution in [3.63, 3.8) is 0 Å². The van der Waals surface area contributed by atoms with Gasteiger partial charge in [0.05, 0.1) is 12.2 Å². The van der Waals surface area contributed by atoms with Crippen LogP contribution in [0.5, 0.6) is 0 Å². The predicted octanol–water partition coefficient (Wildman–Crippen LogP) is 5.33. The van der Waals surface area contributed by atoms with Gasteiger partial charge < -0.3 is 20.0 Å². The van der Waals surface area contributed by atoms with E-state index in [1.807, 2.05) is 46.2 Å². The van der Waals surface area contributed by atoms with Crippen LogP contribution < -0.4 is 0 Å². The highest BCUT2D eigenvalue weighted by Crippen LogP contribution is 2.66. The molecule has 10 atom stereocenters. The molecule has 46 heavy (non-hydrogen) atoms. The fraction of sp³-hybridized carbons (Fsp3) is 0.692. The summed E-state index contributed by atoms with van der Waals surface area (Å²) < 4.78 is 0. The van der Waals surface area contributed by atoms with E-state index < -0.39 is 6.04 Å². The lowest BCUT2D eigenvalue weighted by molar-refractivity contribution is -0.157. The highest BCUT2D eigenvalue weighted by molar-refractivity contribution is 6.01. The van der Waals surface area contributed by atoms with E-state index in [0.29, 0.717) is 48.9 Å². The zero-order chi connectivity index (χ0) is 31.8. The van der Waals surface area contributed by atoms with Gasteiger partial charge in [0.15, 0.2) is 0 Å². The van der Waals surface area contributed by atoms with Crippen LogP contribution >= 0.6 is 0 Å². The van der Waals surface area contributed by atoms with Crippen LogP contribution in [0.3, 0.4) is 0 Å². The minimum atomic E-state index is -0.393. The molecule has 6 fully saturated rings. The average Bonchev–Trinajstić information content (AvgIpc) is 3.68. The number of benzene rings is 2. The largest absolute Gasteiger partial charge is 0.393 e. The molecule has 2 aromatic carbocycles. The van der Waals surface area contributed by atoms with Gasteiger partial charge in [0.1, 0.15) is 6.04 Å². The number of aliphatic hydroxyl groups excluding tert-OH is 2. The summed E-state index contributed by atoms with van der Waals surface area (Å²) in [4.78, 5) is 33.8. The van der Waals surface area contributed by atoms with E-state index in [1.165, 1.54) is 25.7 Å². The predicted molar refractivity (Wildman–Crippen MR) is 179 cm³/mol. The summed E-state index contributed by atoms with van der Waals surface area (Å²) in [6.07, 6.45) is 10.0. The maximum Gasteiger partial charge on any atom is 0.254 e. The number of likely N-dealkylation sites (tertiary alicyclic amines) is 1. The molecule has 8 rings (SSSR count). The van der Waals surface area contributed by atoms with Gasteiger partial charge in [0.2, 0.25) is 5.91 Å². The van der Waals surface area contributed by atoms with Crippen molar-refractivity contribution in [1.29, 1.82) is 0 Å². The Morgan fingerprint density at radius 3 is 2.37 bits per heavy atom. The van der Waals surface area contributed by atoms with Gasteiger partial charge in [-0.3, -0.25) is 14.5 Å². The molecule has 7 heteroatoms. The lowest BCUT2D eigenvalue weighted by Crippen LogP contribution is -2.62. The maximum absolute atomic E-state index is 13.9. The number of fused-ring (bicyclic) bond motifs is 6. The average molecular weight is 628 g/mol. The second kappa shape index (κ2) is 11.6. The van der Waals surface area contributed by atoms with E-state index in [1.54, 1.807) is 0 Å². The molecule has 2 saturated heterocycles. The minimum absolute atomic E-state index is 0.0470. The quantitative estimate of drug-likeness (QED) is 0.481. The Balaban J connectivity index is 0.922. The standard InChI is InChI=1S/C39H53N3O4/c1-38-16-15-31-29(30(38)13-14-35(38)44)12-11-28-23-34(43)33(24-39(28,31)2)40-18-20-41(21-19-40)37(46)32-8-5-17-42(32)36(45)27-10-9-25-6-3-4-7-26(25)22-27/h3-4,6-7,9-10,22,28-35,43-44H,5,8,11-21,23-24H2,1-2H3/t28?,29-,30-,31-,32-,33-,34-,35-,38-,39-/m0/s1. The summed E-state index contributed by atoms with van der Waals surface area (Å²) in [7, 11) is 0. The molecular formula is C39H53N3O4. The number of nitrogens with zero attached hydrogens (tertiary/aromatic N) is 3. The van der Waals surface area contributed by atoms with Crippen LogP contribution in [0.4, 0.5) is 0 Å². The Morgan fingerprint density at radius 1 is 0.804 bits per heavy atom. The minimum Gasteiger partial charge on any atom is -0.393 e. The number of carbonyl (C=O) groups is 2. The molecule has 0 aromatic heterocycles. The lowest BCUT2D eigenvalue weighted by atomic mass is 9.44. The number of carbonyl (C=O) groups excluding carboxylic acids is 2. The highest BCUT2D eigenvalue weighted by Gasteiger charge is 2.61. The van der Waals surface area contributed by atoms with E-state index in [2.05, 4.69) is 24.8 Å². The summed E-state index contributed by atoms with van der Waals surface area (Å²) in [6.45, 7) is 8.39. The van der Waals surface area contributed by atoms with Crippen LogP contribution in [-0.4, -0.2) is 93.7 Å². The van der Waals surface area contributed by atoms with Crippen LogP contribution in [0.15, 0.2) is 42.5 Å². The monoisotopic (exact) mass is 627 g/mol. The van der Waals surface area contributed by atoms with Gasteiger partial charge in [-0.25, -0.2) is 0 Å². The summed E-state index contributed by atoms with van der Waals surface area (Å²) in [5.74, 6) is 2.64. The van der Waals surface area contributed by atoms with Gasteiger partial charge in [-0.05, 0) is 122 Å². The molecule has 2 aromatic rings. The number of hydrogen-bond donors (Lipinski definition) is 2. The number of rotatable bonds is 3. The zero-order valence-corrected chi connectivity index (χ0v) is 27.8. The van der Waals surface area contributed by atoms with Gasteiger partial charge >= 0.3 is 0 Å². The summed E-state index contributed by atoms with van der Waals surface area (Å²) in [5.41, 5.74) is 0.968.